The van der Waals surface area contributed by atoms with Crippen molar-refractivity contribution in [3.8, 4) is 0 Å². The summed E-state index contributed by atoms with van der Waals surface area (Å²) in [6.45, 7) is 3.57. The van der Waals surface area contributed by atoms with Crippen LogP contribution in [0.1, 0.15) is 18.5 Å². The minimum atomic E-state index is -0.306. The quantitative estimate of drug-likeness (QED) is 0.871. The molecule has 2 aromatic rings. The zero-order valence-electron chi connectivity index (χ0n) is 15.0. The molecule has 0 bridgehead atoms. The van der Waals surface area contributed by atoms with Gasteiger partial charge in [0.2, 0.25) is 11.8 Å². The van der Waals surface area contributed by atoms with Gasteiger partial charge in [-0.3, -0.25) is 9.59 Å². The number of carbonyl (C=O) groups is 2. The first kappa shape index (κ1) is 17.9. The lowest BCUT2D eigenvalue weighted by molar-refractivity contribution is -0.133. The average Bonchev–Trinajstić information content (AvgIpc) is 3.34. The third-order valence-corrected chi connectivity index (χ3v) is 6.19. The van der Waals surface area contributed by atoms with E-state index < -0.39 is 0 Å². The van der Waals surface area contributed by atoms with Gasteiger partial charge in [-0.25, -0.2) is 9.37 Å². The van der Waals surface area contributed by atoms with E-state index >= 15 is 0 Å². The van der Waals surface area contributed by atoms with Gasteiger partial charge < -0.3 is 15.1 Å². The minimum Gasteiger partial charge on any atom is -0.347 e. The molecule has 1 aromatic heterocycles. The SMILES string of the molecule is CC(=O)NCC(=O)N1C[C@@H]2CN(c3nccs3)C[C@@H]2[C@H]1c1cccc(F)c1. The molecule has 0 saturated carbocycles. The predicted octanol–water partition coefficient (Wildman–Crippen LogP) is 2.05. The predicted molar refractivity (Wildman–Crippen MR) is 101 cm³/mol. The monoisotopic (exact) mass is 388 g/mol. The molecule has 1 N–H and O–H groups in total. The molecule has 3 atom stereocenters. The van der Waals surface area contributed by atoms with Gasteiger partial charge in [-0.2, -0.15) is 0 Å². The van der Waals surface area contributed by atoms with E-state index in [2.05, 4.69) is 15.2 Å². The molecule has 0 radical (unpaired) electrons. The number of hydrogen-bond donors (Lipinski definition) is 1. The van der Waals surface area contributed by atoms with E-state index in [0.29, 0.717) is 12.5 Å². The summed E-state index contributed by atoms with van der Waals surface area (Å²) in [5, 5.41) is 5.52. The van der Waals surface area contributed by atoms with Crippen molar-refractivity contribution in [1.82, 2.24) is 15.2 Å². The second kappa shape index (κ2) is 7.26. The van der Waals surface area contributed by atoms with Crippen molar-refractivity contribution < 1.29 is 14.0 Å². The first-order valence-electron chi connectivity index (χ1n) is 8.96. The van der Waals surface area contributed by atoms with Crippen LogP contribution >= 0.6 is 11.3 Å². The first-order valence-corrected chi connectivity index (χ1v) is 9.84. The molecule has 2 aliphatic heterocycles. The highest BCUT2D eigenvalue weighted by Crippen LogP contribution is 2.46. The average molecular weight is 388 g/mol. The maximum atomic E-state index is 13.9. The van der Waals surface area contributed by atoms with Crippen molar-refractivity contribution in [2.24, 2.45) is 11.8 Å². The molecule has 2 saturated heterocycles. The van der Waals surface area contributed by atoms with Crippen molar-refractivity contribution in [2.45, 2.75) is 13.0 Å². The molecule has 0 spiro atoms. The lowest BCUT2D eigenvalue weighted by Gasteiger charge is -2.30. The smallest absolute Gasteiger partial charge is 0.242 e. The summed E-state index contributed by atoms with van der Waals surface area (Å²) in [6.07, 6.45) is 1.79. The summed E-state index contributed by atoms with van der Waals surface area (Å²) >= 11 is 1.60. The summed E-state index contributed by atoms with van der Waals surface area (Å²) in [6, 6.07) is 6.29. The van der Waals surface area contributed by atoms with Gasteiger partial charge in [0.25, 0.3) is 0 Å². The van der Waals surface area contributed by atoms with Crippen LogP contribution in [0.3, 0.4) is 0 Å². The Hall–Kier alpha value is -2.48. The van der Waals surface area contributed by atoms with Gasteiger partial charge in [0.1, 0.15) is 5.82 Å². The van der Waals surface area contributed by atoms with Gasteiger partial charge >= 0.3 is 0 Å². The van der Waals surface area contributed by atoms with Crippen LogP contribution in [0.15, 0.2) is 35.8 Å². The number of fused-ring (bicyclic) bond motifs is 1. The largest absolute Gasteiger partial charge is 0.347 e. The molecule has 6 nitrogen and oxygen atoms in total. The molecule has 4 rings (SSSR count). The summed E-state index contributed by atoms with van der Waals surface area (Å²) in [5.41, 5.74) is 0.805. The number of halogens is 1. The van der Waals surface area contributed by atoms with Gasteiger partial charge in [-0.1, -0.05) is 12.1 Å². The third-order valence-electron chi connectivity index (χ3n) is 5.35. The second-order valence-corrected chi connectivity index (χ2v) is 7.97. The molecule has 2 amide bonds. The highest BCUT2D eigenvalue weighted by atomic mass is 32.1. The van der Waals surface area contributed by atoms with Crippen LogP contribution in [0.4, 0.5) is 9.52 Å². The normalized spacial score (nSPS) is 24.1. The Labute approximate surface area is 161 Å². The van der Waals surface area contributed by atoms with Crippen molar-refractivity contribution in [3.05, 3.63) is 47.2 Å². The van der Waals surface area contributed by atoms with Gasteiger partial charge in [-0.15, -0.1) is 11.3 Å². The van der Waals surface area contributed by atoms with Gasteiger partial charge in [0.05, 0.1) is 12.6 Å². The van der Waals surface area contributed by atoms with E-state index in [4.69, 9.17) is 0 Å². The van der Waals surface area contributed by atoms with Crippen molar-refractivity contribution >= 4 is 28.3 Å². The van der Waals surface area contributed by atoms with Gasteiger partial charge in [0.15, 0.2) is 5.13 Å². The molecule has 142 valence electrons. The number of likely N-dealkylation sites (tertiary alicyclic amines) is 1. The lowest BCUT2D eigenvalue weighted by Crippen LogP contribution is -2.41. The van der Waals surface area contributed by atoms with Crippen molar-refractivity contribution in [2.75, 3.05) is 31.1 Å². The van der Waals surface area contributed by atoms with E-state index in [-0.39, 0.29) is 36.1 Å². The maximum Gasteiger partial charge on any atom is 0.242 e. The molecule has 2 aliphatic rings. The summed E-state index contributed by atoms with van der Waals surface area (Å²) in [4.78, 5) is 32.4. The number of amides is 2. The molecule has 8 heteroatoms. The van der Waals surface area contributed by atoms with Crippen LogP contribution in [-0.2, 0) is 9.59 Å². The zero-order chi connectivity index (χ0) is 19.0. The van der Waals surface area contributed by atoms with E-state index in [9.17, 15) is 14.0 Å². The standard InChI is InChI=1S/C19H21FN4O2S/c1-12(25)22-8-17(26)24-10-14-9-23(19-21-5-6-27-19)11-16(14)18(24)13-3-2-4-15(20)7-13/h2-7,14,16,18H,8-11H2,1H3,(H,22,25)/t14-,16-,18+/m0/s1. The summed E-state index contributed by atoms with van der Waals surface area (Å²) in [7, 11) is 0. The molecule has 27 heavy (non-hydrogen) atoms. The summed E-state index contributed by atoms with van der Waals surface area (Å²) < 4.78 is 13.9. The fourth-order valence-electron chi connectivity index (χ4n) is 4.25. The van der Waals surface area contributed by atoms with Gasteiger partial charge in [0, 0.05) is 50.0 Å². The van der Waals surface area contributed by atoms with Crippen LogP contribution < -0.4 is 10.2 Å². The number of rotatable bonds is 4. The topological polar surface area (TPSA) is 65.5 Å². The van der Waals surface area contributed by atoms with Crippen LogP contribution in [0.2, 0.25) is 0 Å². The van der Waals surface area contributed by atoms with Crippen LogP contribution in [0, 0.1) is 17.7 Å². The number of aromatic nitrogens is 1. The Bertz CT molecular complexity index is 844. The Morgan fingerprint density at radius 1 is 1.33 bits per heavy atom. The highest BCUT2D eigenvalue weighted by molar-refractivity contribution is 7.13. The lowest BCUT2D eigenvalue weighted by atomic mass is 9.89. The molecular formula is C19H21FN4O2S. The number of hydrogen-bond acceptors (Lipinski definition) is 5. The number of thiazole rings is 1. The number of benzene rings is 1. The Morgan fingerprint density at radius 2 is 2.19 bits per heavy atom. The van der Waals surface area contributed by atoms with E-state index in [1.807, 2.05) is 11.4 Å². The first-order chi connectivity index (χ1) is 13.0. The molecule has 2 fully saturated rings. The summed E-state index contributed by atoms with van der Waals surface area (Å²) in [5.74, 6) is -0.171. The van der Waals surface area contributed by atoms with E-state index in [1.54, 1.807) is 28.5 Å². The van der Waals surface area contributed by atoms with Crippen LogP contribution in [0.5, 0.6) is 0 Å². The van der Waals surface area contributed by atoms with E-state index in [1.165, 1.54) is 19.1 Å². The van der Waals surface area contributed by atoms with Crippen molar-refractivity contribution in [3.63, 3.8) is 0 Å². The number of nitrogens with one attached hydrogen (secondary N) is 1. The fraction of sp³-hybridized carbons (Fsp3) is 0.421. The molecule has 3 heterocycles. The Balaban J connectivity index is 1.60. The zero-order valence-corrected chi connectivity index (χ0v) is 15.8. The third kappa shape index (κ3) is 3.53. The maximum absolute atomic E-state index is 13.9. The fourth-order valence-corrected chi connectivity index (χ4v) is 4.91. The Kier molecular flexibility index (Phi) is 4.82. The second-order valence-electron chi connectivity index (χ2n) is 7.10. The number of carbonyl (C=O) groups excluding carboxylic acids is 2. The Morgan fingerprint density at radius 3 is 2.89 bits per heavy atom. The molecule has 0 aliphatic carbocycles. The minimum absolute atomic E-state index is 0.0310. The van der Waals surface area contributed by atoms with Crippen LogP contribution in [0.25, 0.3) is 0 Å². The van der Waals surface area contributed by atoms with Crippen LogP contribution in [-0.4, -0.2) is 47.9 Å². The molecule has 1 aromatic carbocycles. The molecular weight excluding hydrogens is 367 g/mol. The highest BCUT2D eigenvalue weighted by Gasteiger charge is 2.49. The molecule has 0 unspecified atom stereocenters. The number of nitrogens with zero attached hydrogens (tertiary/aromatic N) is 3. The van der Waals surface area contributed by atoms with Gasteiger partial charge in [-0.05, 0) is 17.7 Å². The van der Waals surface area contributed by atoms with E-state index in [0.717, 1.165) is 23.8 Å². The van der Waals surface area contributed by atoms with Crippen molar-refractivity contribution in [1.29, 1.82) is 0 Å². The number of anilines is 1.